The molecular formula is C39H72NO8P. The minimum atomic E-state index is -4.42. The van der Waals surface area contributed by atoms with Gasteiger partial charge in [-0.05, 0) is 64.2 Å². The van der Waals surface area contributed by atoms with Gasteiger partial charge in [-0.15, -0.1) is 0 Å². The van der Waals surface area contributed by atoms with Gasteiger partial charge in [0.1, 0.15) is 12.7 Å². The molecule has 0 fully saturated rings. The van der Waals surface area contributed by atoms with E-state index in [9.17, 15) is 24.2 Å². The maximum absolute atomic E-state index is 12.0. The Labute approximate surface area is 299 Å². The average molecular weight is 714 g/mol. The van der Waals surface area contributed by atoms with Gasteiger partial charge in [-0.25, -0.2) is 4.57 Å². The van der Waals surface area contributed by atoms with E-state index in [1.165, 1.54) is 57.8 Å². The standard InChI is InChI=1S/C39H72NO8P/c1-3-5-7-9-11-13-15-17-19-21-23-25-27-29-31-38(42)40-33-34-47-49(44,45)48-36-37(41)35-46-39(43)32-30-28-26-24-22-20-18-16-14-12-10-8-6-4-2/h9,11,15-18,37,41H,3-8,10,12-14,19-36H2,1-2H3,(H,40,42)(H,44,45)/b11-9-,17-15-,18-16-. The smallest absolute Gasteiger partial charge is 0.463 e. The van der Waals surface area contributed by atoms with Crippen molar-refractivity contribution in [2.75, 3.05) is 26.4 Å². The number of nitrogens with one attached hydrogen (secondary N) is 1. The number of amides is 1. The van der Waals surface area contributed by atoms with Gasteiger partial charge in [0.15, 0.2) is 0 Å². The first-order chi connectivity index (χ1) is 23.8. The number of allylic oxidation sites excluding steroid dienone is 6. The second-order valence-corrected chi connectivity index (χ2v) is 14.3. The van der Waals surface area contributed by atoms with Gasteiger partial charge in [-0.1, -0.05) is 127 Å². The molecule has 0 aromatic heterocycles. The minimum absolute atomic E-state index is 0.0728. The van der Waals surface area contributed by atoms with Crippen molar-refractivity contribution in [1.82, 2.24) is 5.32 Å². The molecule has 2 unspecified atom stereocenters. The van der Waals surface area contributed by atoms with Crippen molar-refractivity contribution in [3.05, 3.63) is 36.5 Å². The third kappa shape index (κ3) is 37.3. The third-order valence-corrected chi connectivity index (χ3v) is 9.03. The summed E-state index contributed by atoms with van der Waals surface area (Å²) in [5.74, 6) is -0.541. The maximum Gasteiger partial charge on any atom is 0.472 e. The highest BCUT2D eigenvalue weighted by atomic mass is 31.2. The first-order valence-corrected chi connectivity index (χ1v) is 21.0. The van der Waals surface area contributed by atoms with Crippen molar-refractivity contribution in [1.29, 1.82) is 0 Å². The summed E-state index contributed by atoms with van der Waals surface area (Å²) >= 11 is 0. The average Bonchev–Trinajstić information content (AvgIpc) is 3.08. The topological polar surface area (TPSA) is 131 Å². The molecule has 2 atom stereocenters. The highest BCUT2D eigenvalue weighted by molar-refractivity contribution is 7.47. The summed E-state index contributed by atoms with van der Waals surface area (Å²) in [5.41, 5.74) is 0. The Bertz CT molecular complexity index is 907. The SMILES string of the molecule is CCCC/C=C\C/C=C\CCCCCCCC(=O)NCCOP(=O)(O)OCC(O)COC(=O)CCCCCCC/C=C\CCCCCCC. The van der Waals surface area contributed by atoms with Crippen LogP contribution in [0.25, 0.3) is 0 Å². The van der Waals surface area contributed by atoms with Gasteiger partial charge >= 0.3 is 13.8 Å². The zero-order valence-electron chi connectivity index (χ0n) is 31.1. The van der Waals surface area contributed by atoms with Crippen LogP contribution in [0.3, 0.4) is 0 Å². The maximum atomic E-state index is 12.0. The fraction of sp³-hybridized carbons (Fsp3) is 0.795. The summed E-state index contributed by atoms with van der Waals surface area (Å²) in [4.78, 5) is 33.8. The number of phosphoric ester groups is 1. The van der Waals surface area contributed by atoms with E-state index in [0.717, 1.165) is 83.5 Å². The Hall–Kier alpha value is -1.77. The van der Waals surface area contributed by atoms with Crippen LogP contribution >= 0.6 is 7.82 Å². The van der Waals surface area contributed by atoms with Crippen molar-refractivity contribution < 1.29 is 37.9 Å². The van der Waals surface area contributed by atoms with E-state index in [4.69, 9.17) is 13.8 Å². The first kappa shape index (κ1) is 47.2. The summed E-state index contributed by atoms with van der Waals surface area (Å²) in [6.07, 6.45) is 37.8. The van der Waals surface area contributed by atoms with Crippen molar-refractivity contribution in [3.63, 3.8) is 0 Å². The van der Waals surface area contributed by atoms with Crippen molar-refractivity contribution in [2.45, 2.75) is 174 Å². The molecule has 0 aliphatic heterocycles. The molecule has 0 heterocycles. The Morgan fingerprint density at radius 1 is 0.633 bits per heavy atom. The Kier molecular flexibility index (Phi) is 34.7. The number of carbonyl (C=O) groups is 2. The van der Waals surface area contributed by atoms with Crippen molar-refractivity contribution in [3.8, 4) is 0 Å². The lowest BCUT2D eigenvalue weighted by molar-refractivity contribution is -0.147. The number of aliphatic hydroxyl groups is 1. The van der Waals surface area contributed by atoms with Crippen LogP contribution in [0, 0.1) is 0 Å². The molecule has 0 saturated heterocycles. The van der Waals surface area contributed by atoms with Crippen LogP contribution in [-0.2, 0) is 27.9 Å². The van der Waals surface area contributed by atoms with E-state index in [1.54, 1.807) is 0 Å². The zero-order valence-corrected chi connectivity index (χ0v) is 32.0. The normalized spacial score (nSPS) is 13.8. The fourth-order valence-electron chi connectivity index (χ4n) is 5.04. The number of hydrogen-bond acceptors (Lipinski definition) is 7. The predicted molar refractivity (Wildman–Crippen MR) is 201 cm³/mol. The van der Waals surface area contributed by atoms with E-state index >= 15 is 0 Å². The van der Waals surface area contributed by atoms with Crippen molar-refractivity contribution in [2.24, 2.45) is 0 Å². The number of esters is 1. The predicted octanol–water partition coefficient (Wildman–Crippen LogP) is 10.2. The molecule has 0 aromatic rings. The van der Waals surface area contributed by atoms with Crippen LogP contribution in [-0.4, -0.2) is 54.3 Å². The summed E-state index contributed by atoms with van der Waals surface area (Å²) in [7, 11) is -4.42. The first-order valence-electron chi connectivity index (χ1n) is 19.5. The van der Waals surface area contributed by atoms with Gasteiger partial charge in [0.2, 0.25) is 5.91 Å². The highest BCUT2D eigenvalue weighted by Gasteiger charge is 2.23. The Balaban J connectivity index is 3.66. The van der Waals surface area contributed by atoms with E-state index in [2.05, 4.69) is 55.6 Å². The lowest BCUT2D eigenvalue weighted by Gasteiger charge is -2.15. The summed E-state index contributed by atoms with van der Waals surface area (Å²) < 4.78 is 26.8. The summed E-state index contributed by atoms with van der Waals surface area (Å²) in [6.45, 7) is 3.46. The molecule has 3 N–H and O–H groups in total. The highest BCUT2D eigenvalue weighted by Crippen LogP contribution is 2.42. The molecule has 0 radical (unpaired) electrons. The molecular weight excluding hydrogens is 641 g/mol. The van der Waals surface area contributed by atoms with E-state index < -0.39 is 26.5 Å². The van der Waals surface area contributed by atoms with Gasteiger partial charge in [0.05, 0.1) is 13.2 Å². The second kappa shape index (κ2) is 36.0. The van der Waals surface area contributed by atoms with E-state index in [-0.39, 0.29) is 32.1 Å². The van der Waals surface area contributed by atoms with Gasteiger partial charge in [0, 0.05) is 19.4 Å². The molecule has 9 nitrogen and oxygen atoms in total. The lowest BCUT2D eigenvalue weighted by Crippen LogP contribution is -2.27. The molecule has 49 heavy (non-hydrogen) atoms. The van der Waals surface area contributed by atoms with Gasteiger partial charge in [0.25, 0.3) is 0 Å². The quantitative estimate of drug-likeness (QED) is 0.0253. The summed E-state index contributed by atoms with van der Waals surface area (Å²) in [6, 6.07) is 0. The molecule has 286 valence electrons. The molecule has 0 aliphatic rings. The van der Waals surface area contributed by atoms with Crippen LogP contribution < -0.4 is 5.32 Å². The van der Waals surface area contributed by atoms with Crippen LogP contribution in [0.1, 0.15) is 168 Å². The van der Waals surface area contributed by atoms with Gasteiger partial charge < -0.3 is 20.1 Å². The molecule has 0 spiro atoms. The van der Waals surface area contributed by atoms with Crippen LogP contribution in [0.4, 0.5) is 0 Å². The molecule has 0 saturated carbocycles. The lowest BCUT2D eigenvalue weighted by atomic mass is 10.1. The molecule has 1 amide bonds. The number of rotatable bonds is 36. The monoisotopic (exact) mass is 713 g/mol. The zero-order chi connectivity index (χ0) is 36.1. The second-order valence-electron chi connectivity index (χ2n) is 12.9. The number of carbonyl (C=O) groups excluding carboxylic acids is 2. The number of ether oxygens (including phenoxy) is 1. The number of hydrogen-bond donors (Lipinski definition) is 3. The van der Waals surface area contributed by atoms with E-state index in [1.807, 2.05) is 0 Å². The Morgan fingerprint density at radius 3 is 1.71 bits per heavy atom. The third-order valence-electron chi connectivity index (χ3n) is 8.04. The molecule has 0 rings (SSSR count). The molecule has 0 aromatic carbocycles. The van der Waals surface area contributed by atoms with E-state index in [0.29, 0.717) is 6.42 Å². The van der Waals surface area contributed by atoms with Crippen molar-refractivity contribution >= 4 is 19.7 Å². The molecule has 0 bridgehead atoms. The molecule has 10 heteroatoms. The molecule has 0 aliphatic carbocycles. The summed E-state index contributed by atoms with van der Waals surface area (Å²) in [5, 5.41) is 12.6. The van der Waals surface area contributed by atoms with Crippen LogP contribution in [0.15, 0.2) is 36.5 Å². The fourth-order valence-corrected chi connectivity index (χ4v) is 5.79. The van der Waals surface area contributed by atoms with Crippen LogP contribution in [0.5, 0.6) is 0 Å². The minimum Gasteiger partial charge on any atom is -0.463 e. The van der Waals surface area contributed by atoms with Gasteiger partial charge in [-0.3, -0.25) is 18.6 Å². The van der Waals surface area contributed by atoms with Crippen LogP contribution in [0.2, 0.25) is 0 Å². The largest absolute Gasteiger partial charge is 0.472 e. The number of aliphatic hydroxyl groups excluding tert-OH is 1. The Morgan fingerprint density at radius 2 is 1.12 bits per heavy atom. The number of phosphoric acid groups is 1. The number of unbranched alkanes of at least 4 members (excludes halogenated alkanes) is 17. The van der Waals surface area contributed by atoms with Gasteiger partial charge in [-0.2, -0.15) is 0 Å².